The van der Waals surface area contributed by atoms with Crippen molar-refractivity contribution < 1.29 is 23.9 Å². The monoisotopic (exact) mass is 555 g/mol. The number of benzene rings is 2. The molecule has 0 aliphatic heterocycles. The number of halogens is 1. The fourth-order valence-electron chi connectivity index (χ4n) is 3.99. The summed E-state index contributed by atoms with van der Waals surface area (Å²) >= 11 is 6.34. The Morgan fingerprint density at radius 2 is 1.77 bits per heavy atom. The summed E-state index contributed by atoms with van der Waals surface area (Å²) in [5.74, 6) is -2.38. The number of primary amides is 1. The Morgan fingerprint density at radius 1 is 1.10 bits per heavy atom. The lowest BCUT2D eigenvalue weighted by Crippen LogP contribution is -2.53. The lowest BCUT2D eigenvalue weighted by atomic mass is 9.96. The van der Waals surface area contributed by atoms with Crippen molar-refractivity contribution in [1.82, 2.24) is 10.2 Å². The predicted octanol–water partition coefficient (Wildman–Crippen LogP) is 4.07. The van der Waals surface area contributed by atoms with Crippen LogP contribution >= 0.6 is 11.6 Å². The van der Waals surface area contributed by atoms with Gasteiger partial charge in [0.15, 0.2) is 0 Å². The highest BCUT2D eigenvalue weighted by Crippen LogP contribution is 2.31. The number of nitrogens with one attached hydrogen (secondary N) is 2. The summed E-state index contributed by atoms with van der Waals surface area (Å²) in [6.07, 6.45) is -1.54. The Balaban J connectivity index is 2.61. The lowest BCUT2D eigenvalue weighted by molar-refractivity contribution is -0.141. The molecule has 0 bridgehead atoms. The average Bonchev–Trinajstić information content (AvgIpc) is 2.80. The molecule has 4 N–H and O–H groups in total. The average molecular weight is 556 g/mol. The molecule has 39 heavy (non-hydrogen) atoms. The minimum Gasteiger partial charge on any atom is -0.444 e. The molecule has 2 aromatic rings. The lowest BCUT2D eigenvalue weighted by Gasteiger charge is -2.33. The number of anilines is 1. The molecule has 2 rings (SSSR count). The van der Waals surface area contributed by atoms with Crippen LogP contribution in [0.2, 0.25) is 5.02 Å². The van der Waals surface area contributed by atoms with Crippen molar-refractivity contribution in [2.24, 2.45) is 5.73 Å². The molecule has 0 saturated heterocycles. The SMILES string of the molecule is Cc1ccc(C(C(=O)Nc2c(C)cccc2Cl)N(CC#N)C(=O)C(CC(N)=O)NC(=O)OC(C)(C)C)c(C)c1. The third kappa shape index (κ3) is 8.72. The number of nitriles is 1. The second-order valence-electron chi connectivity index (χ2n) is 10.2. The van der Waals surface area contributed by atoms with Crippen molar-refractivity contribution >= 4 is 41.1 Å². The van der Waals surface area contributed by atoms with Gasteiger partial charge < -0.3 is 26.0 Å². The van der Waals surface area contributed by atoms with E-state index in [9.17, 15) is 24.4 Å². The van der Waals surface area contributed by atoms with Crippen molar-refractivity contribution in [3.63, 3.8) is 0 Å². The van der Waals surface area contributed by atoms with Crippen LogP contribution in [0, 0.1) is 32.1 Å². The van der Waals surface area contributed by atoms with Crippen LogP contribution in [0.15, 0.2) is 36.4 Å². The molecule has 4 amide bonds. The molecule has 10 nitrogen and oxygen atoms in total. The molecule has 0 aliphatic carbocycles. The maximum Gasteiger partial charge on any atom is 0.408 e. The number of nitrogens with zero attached hydrogens (tertiary/aromatic N) is 2. The highest BCUT2D eigenvalue weighted by molar-refractivity contribution is 6.34. The van der Waals surface area contributed by atoms with Gasteiger partial charge in [-0.1, -0.05) is 47.5 Å². The molecule has 0 radical (unpaired) electrons. The Morgan fingerprint density at radius 3 is 2.31 bits per heavy atom. The van der Waals surface area contributed by atoms with E-state index in [4.69, 9.17) is 22.1 Å². The number of ether oxygens (including phenoxy) is 1. The molecule has 0 heterocycles. The van der Waals surface area contributed by atoms with E-state index in [1.54, 1.807) is 65.0 Å². The summed E-state index contributed by atoms with van der Waals surface area (Å²) in [4.78, 5) is 53.0. The molecule has 0 spiro atoms. The summed E-state index contributed by atoms with van der Waals surface area (Å²) in [6.45, 7) is 9.80. The third-order valence-electron chi connectivity index (χ3n) is 5.67. The van der Waals surface area contributed by atoms with E-state index in [1.807, 2.05) is 19.1 Å². The number of aryl methyl sites for hydroxylation is 3. The maximum atomic E-state index is 13.9. The standard InChI is InChI=1S/C28H34ClN5O5/c1-16-10-11-19(18(3)14-16)24(25(36)33-23-17(2)8-7-9-20(23)29)34(13-12-30)26(37)21(15-22(31)35)32-27(38)39-28(4,5)6/h7-11,14,21,24H,13,15H2,1-6H3,(H2,31,35)(H,32,38)(H,33,36). The van der Waals surface area contributed by atoms with Gasteiger partial charge in [-0.25, -0.2) is 4.79 Å². The number of rotatable bonds is 9. The van der Waals surface area contributed by atoms with E-state index in [1.165, 1.54) is 0 Å². The first-order chi connectivity index (χ1) is 18.1. The summed E-state index contributed by atoms with van der Waals surface area (Å²) in [5.41, 5.74) is 7.58. The van der Waals surface area contributed by atoms with Gasteiger partial charge in [-0.05, 0) is 64.3 Å². The second-order valence-corrected chi connectivity index (χ2v) is 10.6. The van der Waals surface area contributed by atoms with E-state index in [2.05, 4.69) is 10.6 Å². The fraction of sp³-hybridized carbons (Fsp3) is 0.393. The van der Waals surface area contributed by atoms with Crippen LogP contribution in [-0.4, -0.2) is 46.9 Å². The molecular formula is C28H34ClN5O5. The van der Waals surface area contributed by atoms with Crippen LogP contribution in [0.1, 0.15) is 55.5 Å². The van der Waals surface area contributed by atoms with E-state index >= 15 is 0 Å². The number of nitrogens with two attached hydrogens (primary N) is 1. The fourth-order valence-corrected chi connectivity index (χ4v) is 4.26. The van der Waals surface area contributed by atoms with Crippen molar-refractivity contribution in [3.8, 4) is 6.07 Å². The van der Waals surface area contributed by atoms with E-state index in [0.717, 1.165) is 10.5 Å². The number of hydrogen-bond donors (Lipinski definition) is 3. The van der Waals surface area contributed by atoms with Gasteiger partial charge in [0.2, 0.25) is 11.8 Å². The normalized spacial score (nSPS) is 12.5. The van der Waals surface area contributed by atoms with Gasteiger partial charge in [0, 0.05) is 0 Å². The van der Waals surface area contributed by atoms with Gasteiger partial charge in [0.05, 0.1) is 23.2 Å². The first-order valence-electron chi connectivity index (χ1n) is 12.2. The summed E-state index contributed by atoms with van der Waals surface area (Å²) in [7, 11) is 0. The number of carbonyl (C=O) groups is 4. The molecule has 2 atom stereocenters. The summed E-state index contributed by atoms with van der Waals surface area (Å²) < 4.78 is 5.24. The van der Waals surface area contributed by atoms with Gasteiger partial charge in [0.25, 0.3) is 5.91 Å². The Labute approximate surface area is 233 Å². The van der Waals surface area contributed by atoms with Crippen LogP contribution in [0.3, 0.4) is 0 Å². The largest absolute Gasteiger partial charge is 0.444 e. The Hall–Kier alpha value is -4.10. The molecule has 11 heteroatoms. The zero-order valence-electron chi connectivity index (χ0n) is 22.9. The quantitative estimate of drug-likeness (QED) is 0.396. The predicted molar refractivity (Wildman–Crippen MR) is 148 cm³/mol. The van der Waals surface area contributed by atoms with Gasteiger partial charge in [-0.3, -0.25) is 14.4 Å². The Bertz CT molecular complexity index is 1280. The smallest absolute Gasteiger partial charge is 0.408 e. The first-order valence-corrected chi connectivity index (χ1v) is 12.6. The zero-order valence-corrected chi connectivity index (χ0v) is 23.7. The van der Waals surface area contributed by atoms with Crippen LogP contribution in [0.5, 0.6) is 0 Å². The van der Waals surface area contributed by atoms with Crippen molar-refractivity contribution in [2.45, 2.75) is 65.6 Å². The molecule has 2 unspecified atom stereocenters. The minimum absolute atomic E-state index is 0.291. The summed E-state index contributed by atoms with van der Waals surface area (Å²) in [6, 6.07) is 9.52. The third-order valence-corrected chi connectivity index (χ3v) is 5.98. The zero-order chi connectivity index (χ0) is 29.5. The number of alkyl carbamates (subject to hydrolysis) is 1. The number of para-hydroxylation sites is 1. The number of hydrogen-bond acceptors (Lipinski definition) is 6. The summed E-state index contributed by atoms with van der Waals surface area (Å²) in [5, 5.41) is 15.1. The highest BCUT2D eigenvalue weighted by atomic mass is 35.5. The second kappa shape index (κ2) is 13.1. The number of amides is 4. The van der Waals surface area contributed by atoms with Crippen molar-refractivity contribution in [3.05, 3.63) is 63.7 Å². The molecule has 208 valence electrons. The molecule has 0 fully saturated rings. The molecule has 0 aromatic heterocycles. The van der Waals surface area contributed by atoms with Crippen LogP contribution in [0.4, 0.5) is 10.5 Å². The molecule has 2 aromatic carbocycles. The topological polar surface area (TPSA) is 155 Å². The highest BCUT2D eigenvalue weighted by Gasteiger charge is 2.38. The van der Waals surface area contributed by atoms with Gasteiger partial charge in [-0.15, -0.1) is 0 Å². The molecular weight excluding hydrogens is 522 g/mol. The number of carbonyl (C=O) groups excluding carboxylic acids is 4. The van der Waals surface area contributed by atoms with Crippen LogP contribution in [0.25, 0.3) is 0 Å². The van der Waals surface area contributed by atoms with Gasteiger partial charge in [-0.2, -0.15) is 5.26 Å². The molecule has 0 saturated carbocycles. The van der Waals surface area contributed by atoms with Crippen LogP contribution < -0.4 is 16.4 Å². The van der Waals surface area contributed by atoms with E-state index in [0.29, 0.717) is 27.4 Å². The Kier molecular flexibility index (Phi) is 10.5. The van der Waals surface area contributed by atoms with Crippen molar-refractivity contribution in [2.75, 3.05) is 11.9 Å². The first kappa shape index (κ1) is 31.1. The van der Waals surface area contributed by atoms with Gasteiger partial charge >= 0.3 is 6.09 Å². The van der Waals surface area contributed by atoms with E-state index in [-0.39, 0.29) is 0 Å². The minimum atomic E-state index is -1.49. The van der Waals surface area contributed by atoms with Crippen molar-refractivity contribution in [1.29, 1.82) is 5.26 Å². The maximum absolute atomic E-state index is 13.9. The van der Waals surface area contributed by atoms with E-state index < -0.39 is 54.5 Å². The molecule has 0 aliphatic rings. The van der Waals surface area contributed by atoms with Crippen LogP contribution in [-0.2, 0) is 19.1 Å². The van der Waals surface area contributed by atoms with Gasteiger partial charge in [0.1, 0.15) is 24.2 Å².